The molecule has 92 valence electrons. The molecule has 1 rings (SSSR count). The molecule has 1 N–H and O–H groups in total. The average Bonchev–Trinajstić information content (AvgIpc) is 2.35. The number of hydrogen-bond donors (Lipinski definition) is 1. The highest BCUT2D eigenvalue weighted by molar-refractivity contribution is 5.92. The van der Waals surface area contributed by atoms with Gasteiger partial charge in [-0.25, -0.2) is 0 Å². The highest BCUT2D eigenvalue weighted by Crippen LogP contribution is 1.95. The van der Waals surface area contributed by atoms with E-state index in [1.807, 2.05) is 0 Å². The maximum atomic E-state index is 11.5. The molecule has 0 aromatic carbocycles. The summed E-state index contributed by atoms with van der Waals surface area (Å²) in [4.78, 5) is 26.5. The Bertz CT molecular complexity index is 377. The van der Waals surface area contributed by atoms with E-state index in [2.05, 4.69) is 10.3 Å². The van der Waals surface area contributed by atoms with Crippen LogP contribution in [-0.4, -0.2) is 30.0 Å². The van der Waals surface area contributed by atoms with E-state index in [-0.39, 0.29) is 30.9 Å². The van der Waals surface area contributed by atoms with Crippen molar-refractivity contribution in [1.29, 1.82) is 0 Å². The van der Waals surface area contributed by atoms with Crippen molar-refractivity contribution < 1.29 is 14.3 Å². The first-order valence-electron chi connectivity index (χ1n) is 5.47. The molecule has 1 heterocycles. The number of hydrogen-bond acceptors (Lipinski definition) is 4. The van der Waals surface area contributed by atoms with E-state index in [9.17, 15) is 9.59 Å². The number of amides is 1. The zero-order valence-corrected chi connectivity index (χ0v) is 9.97. The van der Waals surface area contributed by atoms with Gasteiger partial charge in [-0.05, 0) is 12.1 Å². The number of aromatic nitrogens is 1. The molecule has 5 heteroatoms. The van der Waals surface area contributed by atoms with Crippen molar-refractivity contribution in [2.24, 2.45) is 5.92 Å². The van der Waals surface area contributed by atoms with Crippen LogP contribution >= 0.6 is 0 Å². The van der Waals surface area contributed by atoms with Gasteiger partial charge in [-0.1, -0.05) is 19.9 Å². The Morgan fingerprint density at radius 3 is 2.76 bits per heavy atom. The minimum Gasteiger partial charge on any atom is -0.464 e. The maximum Gasteiger partial charge on any atom is 0.308 e. The molecule has 1 aromatic rings. The molecule has 17 heavy (non-hydrogen) atoms. The van der Waals surface area contributed by atoms with Crippen molar-refractivity contribution in [3.63, 3.8) is 0 Å². The number of nitrogens with zero attached hydrogens (tertiary/aromatic N) is 1. The van der Waals surface area contributed by atoms with E-state index in [0.717, 1.165) is 0 Å². The van der Waals surface area contributed by atoms with Gasteiger partial charge in [-0.3, -0.25) is 14.6 Å². The molecular formula is C12H16N2O3. The Balaban J connectivity index is 2.24. The number of carbonyl (C=O) groups is 2. The fourth-order valence-corrected chi connectivity index (χ4v) is 1.07. The molecule has 1 amide bonds. The lowest BCUT2D eigenvalue weighted by Gasteiger charge is -2.07. The Morgan fingerprint density at radius 1 is 1.41 bits per heavy atom. The molecular weight excluding hydrogens is 220 g/mol. The molecule has 0 radical (unpaired) electrons. The lowest BCUT2D eigenvalue weighted by Crippen LogP contribution is -2.29. The third-order valence-corrected chi connectivity index (χ3v) is 2.00. The van der Waals surface area contributed by atoms with Gasteiger partial charge < -0.3 is 10.1 Å². The highest BCUT2D eigenvalue weighted by atomic mass is 16.5. The zero-order valence-electron chi connectivity index (χ0n) is 9.97. The summed E-state index contributed by atoms with van der Waals surface area (Å²) >= 11 is 0. The Morgan fingerprint density at radius 2 is 2.18 bits per heavy atom. The first-order chi connectivity index (χ1) is 8.11. The zero-order chi connectivity index (χ0) is 12.7. The second kappa shape index (κ2) is 6.62. The summed E-state index contributed by atoms with van der Waals surface area (Å²) in [6.45, 7) is 3.98. The third-order valence-electron chi connectivity index (χ3n) is 2.00. The standard InChI is InChI=1S/C12H16N2O3/c1-9(2)12(16)17-8-7-14-11(15)10-5-3-4-6-13-10/h3-6,9H,7-8H2,1-2H3,(H,14,15). The molecule has 0 aliphatic heterocycles. The van der Waals surface area contributed by atoms with Gasteiger partial charge in [-0.15, -0.1) is 0 Å². The number of carbonyl (C=O) groups excluding carboxylic acids is 2. The second-order valence-electron chi connectivity index (χ2n) is 3.79. The second-order valence-corrected chi connectivity index (χ2v) is 3.79. The maximum absolute atomic E-state index is 11.5. The Labute approximate surface area is 100 Å². The van der Waals surface area contributed by atoms with Gasteiger partial charge in [0.25, 0.3) is 5.91 Å². The van der Waals surface area contributed by atoms with Crippen LogP contribution in [0.4, 0.5) is 0 Å². The van der Waals surface area contributed by atoms with Crippen molar-refractivity contribution in [2.45, 2.75) is 13.8 Å². The fourth-order valence-electron chi connectivity index (χ4n) is 1.07. The lowest BCUT2D eigenvalue weighted by atomic mass is 10.2. The van der Waals surface area contributed by atoms with Crippen LogP contribution in [0.15, 0.2) is 24.4 Å². The molecule has 0 spiro atoms. The number of pyridine rings is 1. The predicted octanol–water partition coefficient (Wildman–Crippen LogP) is 1.01. The van der Waals surface area contributed by atoms with E-state index >= 15 is 0 Å². The summed E-state index contributed by atoms with van der Waals surface area (Å²) in [5, 5.41) is 2.61. The summed E-state index contributed by atoms with van der Waals surface area (Å²) in [7, 11) is 0. The number of nitrogens with one attached hydrogen (secondary N) is 1. The van der Waals surface area contributed by atoms with Gasteiger partial charge in [0.2, 0.25) is 0 Å². The lowest BCUT2D eigenvalue weighted by molar-refractivity contribution is -0.147. The summed E-state index contributed by atoms with van der Waals surface area (Å²) in [5.41, 5.74) is 0.350. The van der Waals surface area contributed by atoms with E-state index in [4.69, 9.17) is 4.74 Å². The van der Waals surface area contributed by atoms with E-state index in [0.29, 0.717) is 5.69 Å². The molecule has 1 aromatic heterocycles. The van der Waals surface area contributed by atoms with Crippen molar-refractivity contribution in [1.82, 2.24) is 10.3 Å². The summed E-state index contributed by atoms with van der Waals surface area (Å²) < 4.78 is 4.92. The van der Waals surface area contributed by atoms with Crippen LogP contribution in [0.2, 0.25) is 0 Å². The highest BCUT2D eigenvalue weighted by Gasteiger charge is 2.08. The van der Waals surface area contributed by atoms with Gasteiger partial charge in [0.15, 0.2) is 0 Å². The van der Waals surface area contributed by atoms with Crippen LogP contribution in [0.5, 0.6) is 0 Å². The van der Waals surface area contributed by atoms with E-state index < -0.39 is 0 Å². The first kappa shape index (κ1) is 13.2. The molecule has 0 fully saturated rings. The van der Waals surface area contributed by atoms with Gasteiger partial charge in [0.05, 0.1) is 12.5 Å². The smallest absolute Gasteiger partial charge is 0.308 e. The van der Waals surface area contributed by atoms with Crippen LogP contribution in [0, 0.1) is 5.92 Å². The van der Waals surface area contributed by atoms with Gasteiger partial charge in [-0.2, -0.15) is 0 Å². The summed E-state index contributed by atoms with van der Waals surface area (Å²) in [6.07, 6.45) is 1.55. The third kappa shape index (κ3) is 4.63. The normalized spacial score (nSPS) is 10.1. The van der Waals surface area contributed by atoms with Crippen LogP contribution in [0.25, 0.3) is 0 Å². The number of esters is 1. The minimum absolute atomic E-state index is 0.151. The van der Waals surface area contributed by atoms with Crippen LogP contribution in [0.3, 0.4) is 0 Å². The van der Waals surface area contributed by atoms with Gasteiger partial charge in [0.1, 0.15) is 12.3 Å². The van der Waals surface area contributed by atoms with Crippen LogP contribution in [0.1, 0.15) is 24.3 Å². The SMILES string of the molecule is CC(C)C(=O)OCCNC(=O)c1ccccn1. The summed E-state index contributed by atoms with van der Waals surface area (Å²) in [5.74, 6) is -0.690. The molecule has 0 aliphatic carbocycles. The molecule has 0 unspecified atom stereocenters. The molecule has 0 bridgehead atoms. The molecule has 5 nitrogen and oxygen atoms in total. The molecule has 0 saturated heterocycles. The number of ether oxygens (including phenoxy) is 1. The van der Waals surface area contributed by atoms with Crippen molar-refractivity contribution in [3.8, 4) is 0 Å². The Kier molecular flexibility index (Phi) is 5.13. The van der Waals surface area contributed by atoms with Gasteiger partial charge in [0, 0.05) is 6.20 Å². The van der Waals surface area contributed by atoms with Crippen molar-refractivity contribution >= 4 is 11.9 Å². The van der Waals surface area contributed by atoms with E-state index in [1.165, 1.54) is 0 Å². The monoisotopic (exact) mass is 236 g/mol. The van der Waals surface area contributed by atoms with Crippen molar-refractivity contribution in [3.05, 3.63) is 30.1 Å². The predicted molar refractivity (Wildman–Crippen MR) is 62.4 cm³/mol. The largest absolute Gasteiger partial charge is 0.464 e. The molecule has 0 atom stereocenters. The van der Waals surface area contributed by atoms with E-state index in [1.54, 1.807) is 38.2 Å². The summed E-state index contributed by atoms with van der Waals surface area (Å²) in [6, 6.07) is 5.09. The van der Waals surface area contributed by atoms with Gasteiger partial charge >= 0.3 is 5.97 Å². The van der Waals surface area contributed by atoms with Crippen molar-refractivity contribution in [2.75, 3.05) is 13.2 Å². The topological polar surface area (TPSA) is 68.3 Å². The number of rotatable bonds is 5. The first-order valence-corrected chi connectivity index (χ1v) is 5.47. The van der Waals surface area contributed by atoms with Crippen LogP contribution < -0.4 is 5.32 Å². The van der Waals surface area contributed by atoms with Crippen LogP contribution in [-0.2, 0) is 9.53 Å². The minimum atomic E-state index is -0.272. The molecule has 0 saturated carbocycles. The fraction of sp³-hybridized carbons (Fsp3) is 0.417. The molecule has 0 aliphatic rings. The average molecular weight is 236 g/mol. The Hall–Kier alpha value is -1.91. The quantitative estimate of drug-likeness (QED) is 0.612.